The Hall–Kier alpha value is -3.00. The average molecular weight is 370 g/mol. The van der Waals surface area contributed by atoms with Crippen molar-refractivity contribution in [2.75, 3.05) is 0 Å². The molecule has 0 fully saturated rings. The molecule has 2 aromatic rings. The van der Waals surface area contributed by atoms with E-state index in [0.29, 0.717) is 6.42 Å². The maximum absolute atomic E-state index is 12.1. The second kappa shape index (κ2) is 8.35. The number of hydrogen-bond donors (Lipinski definition) is 0. The van der Waals surface area contributed by atoms with Crippen LogP contribution in [0.1, 0.15) is 38.3 Å². The normalized spacial score (nSPS) is 19.2. The van der Waals surface area contributed by atoms with E-state index in [2.05, 4.69) is 42.5 Å². The van der Waals surface area contributed by atoms with Crippen molar-refractivity contribution >= 4 is 18.1 Å². The summed E-state index contributed by atoms with van der Waals surface area (Å²) in [5.74, 6) is 0.175. The lowest BCUT2D eigenvalue weighted by Gasteiger charge is -2.33. The molecule has 0 aromatic heterocycles. The lowest BCUT2D eigenvalue weighted by molar-refractivity contribution is -0.125. The van der Waals surface area contributed by atoms with Crippen molar-refractivity contribution in [1.82, 2.24) is 0 Å². The Morgan fingerprint density at radius 1 is 0.929 bits per heavy atom. The van der Waals surface area contributed by atoms with Crippen molar-refractivity contribution in [2.24, 2.45) is 10.4 Å². The van der Waals surface area contributed by atoms with Crippen LogP contribution in [0.25, 0.3) is 6.08 Å². The van der Waals surface area contributed by atoms with Gasteiger partial charge in [0.15, 0.2) is 0 Å². The summed E-state index contributed by atoms with van der Waals surface area (Å²) in [4.78, 5) is 17.1. The highest BCUT2D eigenvalue weighted by atomic mass is 16.1. The first-order valence-electron chi connectivity index (χ1n) is 9.65. The Bertz CT molecular complexity index is 915. The first kappa shape index (κ1) is 19.8. The van der Waals surface area contributed by atoms with Crippen LogP contribution >= 0.6 is 0 Å². The summed E-state index contributed by atoms with van der Waals surface area (Å²) in [5.41, 5.74) is 2.35. The van der Waals surface area contributed by atoms with E-state index in [9.17, 15) is 4.79 Å². The molecule has 0 N–H and O–H groups in total. The van der Waals surface area contributed by atoms with E-state index >= 15 is 0 Å². The molecule has 3 rings (SSSR count). The quantitative estimate of drug-likeness (QED) is 0.569. The first-order chi connectivity index (χ1) is 13.4. The number of nitrogens with zero attached hydrogens (tertiary/aromatic N) is 1. The summed E-state index contributed by atoms with van der Waals surface area (Å²) < 4.78 is 0. The van der Waals surface area contributed by atoms with Gasteiger partial charge in [-0.25, -0.2) is 0 Å². The SMILES string of the molecule is CC(=O)C(C)(C)CC1(N=Cc2ccccc2)C=CC(=Cc2ccccc2)C=C1. The van der Waals surface area contributed by atoms with Crippen LogP contribution in [-0.2, 0) is 4.79 Å². The zero-order valence-electron chi connectivity index (χ0n) is 16.8. The standard InChI is InChI=1S/C26H27NO/c1-21(28)25(2,3)20-26(27-19-24-12-8-5-9-13-24)16-14-23(15-17-26)18-22-10-6-4-7-11-22/h4-19H,20H2,1-3H3. The monoisotopic (exact) mass is 369 g/mol. The molecule has 0 saturated carbocycles. The summed E-state index contributed by atoms with van der Waals surface area (Å²) in [6, 6.07) is 20.3. The fourth-order valence-electron chi connectivity index (χ4n) is 3.25. The van der Waals surface area contributed by atoms with Crippen LogP contribution in [0.2, 0.25) is 0 Å². The van der Waals surface area contributed by atoms with Gasteiger partial charge in [-0.3, -0.25) is 9.79 Å². The molecule has 2 nitrogen and oxygen atoms in total. The van der Waals surface area contributed by atoms with E-state index in [0.717, 1.165) is 16.7 Å². The number of ketones is 1. The molecule has 0 bridgehead atoms. The van der Waals surface area contributed by atoms with Gasteiger partial charge in [0.1, 0.15) is 5.78 Å². The highest BCUT2D eigenvalue weighted by Crippen LogP contribution is 2.36. The lowest BCUT2D eigenvalue weighted by atomic mass is 9.74. The molecule has 0 spiro atoms. The number of benzene rings is 2. The third kappa shape index (κ3) is 5.04. The third-order valence-corrected chi connectivity index (χ3v) is 5.19. The van der Waals surface area contributed by atoms with Gasteiger partial charge in [-0.05, 0) is 36.1 Å². The molecular weight excluding hydrogens is 342 g/mol. The Balaban J connectivity index is 1.91. The number of allylic oxidation sites excluding steroid dienone is 3. The van der Waals surface area contributed by atoms with Crippen molar-refractivity contribution in [1.29, 1.82) is 0 Å². The van der Waals surface area contributed by atoms with E-state index in [-0.39, 0.29) is 5.78 Å². The molecule has 2 aromatic carbocycles. The molecule has 1 aliphatic rings. The van der Waals surface area contributed by atoms with Crippen LogP contribution in [0.15, 0.2) is 95.5 Å². The van der Waals surface area contributed by atoms with Gasteiger partial charge in [-0.1, -0.05) is 98.8 Å². The molecule has 0 saturated heterocycles. The van der Waals surface area contributed by atoms with Gasteiger partial charge in [-0.15, -0.1) is 0 Å². The predicted molar refractivity (Wildman–Crippen MR) is 119 cm³/mol. The number of rotatable bonds is 6. The zero-order valence-corrected chi connectivity index (χ0v) is 16.8. The van der Waals surface area contributed by atoms with Gasteiger partial charge < -0.3 is 0 Å². The fraction of sp³-hybridized carbons (Fsp3) is 0.231. The van der Waals surface area contributed by atoms with Crippen LogP contribution in [0, 0.1) is 5.41 Å². The summed E-state index contributed by atoms with van der Waals surface area (Å²) >= 11 is 0. The molecule has 142 valence electrons. The highest BCUT2D eigenvalue weighted by Gasteiger charge is 2.35. The van der Waals surface area contributed by atoms with Gasteiger partial charge in [-0.2, -0.15) is 0 Å². The summed E-state index contributed by atoms with van der Waals surface area (Å²) in [6.45, 7) is 5.64. The molecule has 0 unspecified atom stereocenters. The minimum absolute atomic E-state index is 0.175. The number of hydrogen-bond acceptors (Lipinski definition) is 2. The van der Waals surface area contributed by atoms with Gasteiger partial charge in [0.25, 0.3) is 0 Å². The van der Waals surface area contributed by atoms with Gasteiger partial charge in [0, 0.05) is 11.6 Å². The minimum Gasteiger partial charge on any atom is -0.299 e. The Morgan fingerprint density at radius 3 is 2.00 bits per heavy atom. The molecular formula is C26H27NO. The van der Waals surface area contributed by atoms with Crippen molar-refractivity contribution in [3.63, 3.8) is 0 Å². The van der Waals surface area contributed by atoms with E-state index in [1.165, 1.54) is 0 Å². The van der Waals surface area contributed by atoms with Crippen molar-refractivity contribution in [3.8, 4) is 0 Å². The van der Waals surface area contributed by atoms with Crippen molar-refractivity contribution in [3.05, 3.63) is 102 Å². The highest BCUT2D eigenvalue weighted by molar-refractivity contribution is 5.83. The topological polar surface area (TPSA) is 29.4 Å². The first-order valence-corrected chi connectivity index (χ1v) is 9.65. The minimum atomic E-state index is -0.529. The molecule has 0 atom stereocenters. The molecule has 0 radical (unpaired) electrons. The molecule has 0 heterocycles. The van der Waals surface area contributed by atoms with E-state index < -0.39 is 11.0 Å². The Morgan fingerprint density at radius 2 is 1.46 bits per heavy atom. The van der Waals surface area contributed by atoms with Gasteiger partial charge >= 0.3 is 0 Å². The van der Waals surface area contributed by atoms with Gasteiger partial charge in [0.05, 0.1) is 5.54 Å². The predicted octanol–water partition coefficient (Wildman–Crippen LogP) is 6.06. The van der Waals surface area contributed by atoms with Gasteiger partial charge in [0.2, 0.25) is 0 Å². The molecule has 28 heavy (non-hydrogen) atoms. The summed E-state index contributed by atoms with van der Waals surface area (Å²) in [5, 5.41) is 0. The van der Waals surface area contributed by atoms with Crippen LogP contribution in [0.4, 0.5) is 0 Å². The van der Waals surface area contributed by atoms with Crippen LogP contribution in [0.5, 0.6) is 0 Å². The van der Waals surface area contributed by atoms with Crippen LogP contribution in [-0.4, -0.2) is 17.5 Å². The fourth-order valence-corrected chi connectivity index (χ4v) is 3.25. The van der Waals surface area contributed by atoms with E-state index in [4.69, 9.17) is 4.99 Å². The zero-order chi connectivity index (χ0) is 20.0. The van der Waals surface area contributed by atoms with Crippen molar-refractivity contribution < 1.29 is 4.79 Å². The number of aliphatic imine (C=N–C) groups is 1. The lowest BCUT2D eigenvalue weighted by Crippen LogP contribution is -2.34. The Labute approximate surface area is 168 Å². The second-order valence-corrected chi connectivity index (χ2v) is 8.00. The largest absolute Gasteiger partial charge is 0.299 e. The van der Waals surface area contributed by atoms with Crippen molar-refractivity contribution in [2.45, 2.75) is 32.7 Å². The molecule has 0 aliphatic heterocycles. The smallest absolute Gasteiger partial charge is 0.135 e. The van der Waals surface area contributed by atoms with E-state index in [1.54, 1.807) is 6.92 Å². The van der Waals surface area contributed by atoms with Crippen LogP contribution in [0.3, 0.4) is 0 Å². The number of carbonyl (C=O) groups is 1. The van der Waals surface area contributed by atoms with Crippen LogP contribution < -0.4 is 0 Å². The average Bonchev–Trinajstić information content (AvgIpc) is 2.70. The Kier molecular flexibility index (Phi) is 5.89. The third-order valence-electron chi connectivity index (χ3n) is 5.19. The summed E-state index contributed by atoms with van der Waals surface area (Å²) in [6.07, 6.45) is 13.1. The number of Topliss-reactive ketones (excluding diaryl/α,β-unsaturated/α-hetero) is 1. The molecule has 1 aliphatic carbocycles. The maximum atomic E-state index is 12.1. The maximum Gasteiger partial charge on any atom is 0.135 e. The van der Waals surface area contributed by atoms with E-state index in [1.807, 2.05) is 68.6 Å². The molecule has 0 amide bonds. The summed E-state index contributed by atoms with van der Waals surface area (Å²) in [7, 11) is 0. The number of carbonyl (C=O) groups excluding carboxylic acids is 1. The molecule has 2 heteroatoms. The second-order valence-electron chi connectivity index (χ2n) is 8.00.